The molecule has 3 rings (SSSR count). The van der Waals surface area contributed by atoms with Crippen LogP contribution in [-0.2, 0) is 9.59 Å². The van der Waals surface area contributed by atoms with Crippen LogP contribution >= 0.6 is 34.5 Å². The Hall–Kier alpha value is -2.13. The molecule has 3 amide bonds. The molecular formula is C23H27Cl2N3O4S. The zero-order valence-corrected chi connectivity index (χ0v) is 20.8. The summed E-state index contributed by atoms with van der Waals surface area (Å²) < 4.78 is 0.550. The summed E-state index contributed by atoms with van der Waals surface area (Å²) >= 11 is 13.6. The fourth-order valence-corrected chi connectivity index (χ4v) is 5.06. The summed E-state index contributed by atoms with van der Waals surface area (Å²) in [7, 11) is 0. The molecule has 33 heavy (non-hydrogen) atoms. The first kappa shape index (κ1) is 25.5. The molecule has 1 unspecified atom stereocenters. The molecule has 1 aliphatic rings. The number of carbonyl (C=O) groups is 3. The summed E-state index contributed by atoms with van der Waals surface area (Å²) in [6.45, 7) is 4.53. The van der Waals surface area contributed by atoms with Crippen LogP contribution in [0.3, 0.4) is 0 Å². The molecule has 1 aliphatic heterocycles. The number of amides is 3. The molecule has 2 aromatic rings. The number of nitrogens with zero attached hydrogens (tertiary/aromatic N) is 2. The van der Waals surface area contributed by atoms with Crippen molar-refractivity contribution < 1.29 is 19.5 Å². The summed E-state index contributed by atoms with van der Waals surface area (Å²) in [6, 6.07) is 8.52. The summed E-state index contributed by atoms with van der Waals surface area (Å²) in [5, 5.41) is 12.7. The summed E-state index contributed by atoms with van der Waals surface area (Å²) in [6.07, 6.45) is 1.45. The van der Waals surface area contributed by atoms with Gasteiger partial charge < -0.3 is 20.2 Å². The molecule has 1 saturated heterocycles. The monoisotopic (exact) mass is 511 g/mol. The molecule has 0 radical (unpaired) electrons. The van der Waals surface area contributed by atoms with Crippen molar-refractivity contribution >= 4 is 63.6 Å². The zero-order valence-electron chi connectivity index (χ0n) is 18.5. The number of benzene rings is 1. The van der Waals surface area contributed by atoms with Gasteiger partial charge in [-0.2, -0.15) is 0 Å². The average molecular weight is 512 g/mol. The van der Waals surface area contributed by atoms with Gasteiger partial charge in [-0.1, -0.05) is 30.1 Å². The molecule has 2 atom stereocenters. The first-order valence-corrected chi connectivity index (χ1v) is 12.3. The largest absolute Gasteiger partial charge is 0.396 e. The Morgan fingerprint density at radius 3 is 2.67 bits per heavy atom. The Balaban J connectivity index is 1.67. The lowest BCUT2D eigenvalue weighted by atomic mass is 9.97. The Kier molecular flexibility index (Phi) is 8.75. The average Bonchev–Trinajstić information content (AvgIpc) is 3.22. The van der Waals surface area contributed by atoms with Crippen LogP contribution in [0, 0.1) is 11.8 Å². The first-order chi connectivity index (χ1) is 15.7. The van der Waals surface area contributed by atoms with E-state index in [4.69, 9.17) is 23.2 Å². The van der Waals surface area contributed by atoms with Crippen LogP contribution in [-0.4, -0.2) is 49.1 Å². The van der Waals surface area contributed by atoms with E-state index in [9.17, 15) is 19.5 Å². The summed E-state index contributed by atoms with van der Waals surface area (Å²) in [5.74, 6) is -0.937. The van der Waals surface area contributed by atoms with Gasteiger partial charge in [0.05, 0.1) is 32.4 Å². The van der Waals surface area contributed by atoms with Gasteiger partial charge in [-0.25, -0.2) is 0 Å². The Bertz CT molecular complexity index is 1030. The molecule has 1 aromatic carbocycles. The van der Waals surface area contributed by atoms with Crippen molar-refractivity contribution in [1.29, 1.82) is 0 Å². The zero-order chi connectivity index (χ0) is 24.1. The van der Waals surface area contributed by atoms with Gasteiger partial charge in [-0.05, 0) is 49.1 Å². The van der Waals surface area contributed by atoms with E-state index in [2.05, 4.69) is 5.32 Å². The highest BCUT2D eigenvalue weighted by atomic mass is 35.5. The van der Waals surface area contributed by atoms with Gasteiger partial charge >= 0.3 is 0 Å². The number of piperidine rings is 1. The number of hydrogen-bond donors (Lipinski definition) is 2. The van der Waals surface area contributed by atoms with Gasteiger partial charge in [0.15, 0.2) is 0 Å². The number of hydrogen-bond acceptors (Lipinski definition) is 5. The third kappa shape index (κ3) is 6.26. The number of thiophene rings is 1. The van der Waals surface area contributed by atoms with Crippen molar-refractivity contribution in [2.45, 2.75) is 26.7 Å². The van der Waals surface area contributed by atoms with Crippen molar-refractivity contribution in [3.05, 3.63) is 44.6 Å². The molecule has 7 nitrogen and oxygen atoms in total. The lowest BCUT2D eigenvalue weighted by molar-refractivity contribution is -0.125. The smallest absolute Gasteiger partial charge is 0.261 e. The molecule has 0 bridgehead atoms. The van der Waals surface area contributed by atoms with E-state index in [0.29, 0.717) is 51.7 Å². The SMILES string of the molecule is CC(=O)N(C[C@@H](C)CNC(=O)c1ccc(Cl)s1)c1ccc(N2CCCC(CO)C2=O)c(Cl)c1. The van der Waals surface area contributed by atoms with E-state index in [-0.39, 0.29) is 30.2 Å². The van der Waals surface area contributed by atoms with E-state index < -0.39 is 5.92 Å². The topological polar surface area (TPSA) is 90.0 Å². The molecule has 10 heteroatoms. The highest BCUT2D eigenvalue weighted by molar-refractivity contribution is 7.18. The Morgan fingerprint density at radius 2 is 2.06 bits per heavy atom. The molecule has 178 valence electrons. The number of nitrogens with one attached hydrogen (secondary N) is 1. The van der Waals surface area contributed by atoms with Crippen LogP contribution in [0.1, 0.15) is 36.4 Å². The predicted octanol–water partition coefficient (Wildman–Crippen LogP) is 4.21. The van der Waals surface area contributed by atoms with Gasteiger partial charge in [-0.15, -0.1) is 11.3 Å². The number of aliphatic hydroxyl groups is 1. The van der Waals surface area contributed by atoms with Crippen molar-refractivity contribution in [3.63, 3.8) is 0 Å². The van der Waals surface area contributed by atoms with Gasteiger partial charge in [0, 0.05) is 32.2 Å². The number of carbonyl (C=O) groups excluding carboxylic acids is 3. The third-order valence-electron chi connectivity index (χ3n) is 5.59. The van der Waals surface area contributed by atoms with Crippen LogP contribution in [0.25, 0.3) is 0 Å². The van der Waals surface area contributed by atoms with Gasteiger partial charge in [0.25, 0.3) is 5.91 Å². The maximum absolute atomic E-state index is 12.6. The highest BCUT2D eigenvalue weighted by Gasteiger charge is 2.30. The number of anilines is 2. The second kappa shape index (κ2) is 11.3. The molecule has 1 aromatic heterocycles. The Labute approximate surface area is 207 Å². The maximum atomic E-state index is 12.6. The predicted molar refractivity (Wildman–Crippen MR) is 132 cm³/mol. The summed E-state index contributed by atoms with van der Waals surface area (Å²) in [4.78, 5) is 41.0. The quantitative estimate of drug-likeness (QED) is 0.555. The van der Waals surface area contributed by atoms with E-state index in [1.165, 1.54) is 18.3 Å². The minimum absolute atomic E-state index is 0.0271. The molecule has 0 aliphatic carbocycles. The van der Waals surface area contributed by atoms with Gasteiger partial charge in [0.1, 0.15) is 0 Å². The lowest BCUT2D eigenvalue weighted by Crippen LogP contribution is -2.42. The van der Waals surface area contributed by atoms with E-state index in [0.717, 1.165) is 6.42 Å². The van der Waals surface area contributed by atoms with Crippen LogP contribution in [0.15, 0.2) is 30.3 Å². The maximum Gasteiger partial charge on any atom is 0.261 e. The van der Waals surface area contributed by atoms with Crippen LogP contribution in [0.4, 0.5) is 11.4 Å². The third-order valence-corrected chi connectivity index (χ3v) is 7.12. The molecule has 2 N–H and O–H groups in total. The minimum Gasteiger partial charge on any atom is -0.396 e. The van der Waals surface area contributed by atoms with Crippen LogP contribution in [0.5, 0.6) is 0 Å². The van der Waals surface area contributed by atoms with Crippen molar-refractivity contribution in [3.8, 4) is 0 Å². The highest BCUT2D eigenvalue weighted by Crippen LogP contribution is 2.34. The second-order valence-electron chi connectivity index (χ2n) is 8.20. The number of rotatable bonds is 8. The van der Waals surface area contributed by atoms with Gasteiger partial charge in [-0.3, -0.25) is 14.4 Å². The Morgan fingerprint density at radius 1 is 1.30 bits per heavy atom. The van der Waals surface area contributed by atoms with E-state index >= 15 is 0 Å². The molecular weight excluding hydrogens is 485 g/mol. The lowest BCUT2D eigenvalue weighted by Gasteiger charge is -2.32. The second-order valence-corrected chi connectivity index (χ2v) is 10.3. The van der Waals surface area contributed by atoms with Crippen molar-refractivity contribution in [2.75, 3.05) is 36.0 Å². The molecule has 2 heterocycles. The fourth-order valence-electron chi connectivity index (χ4n) is 3.82. The van der Waals surface area contributed by atoms with E-state index in [1.807, 2.05) is 6.92 Å². The van der Waals surface area contributed by atoms with Gasteiger partial charge in [0.2, 0.25) is 11.8 Å². The number of halogens is 2. The molecule has 0 saturated carbocycles. The van der Waals surface area contributed by atoms with E-state index in [1.54, 1.807) is 40.1 Å². The van der Waals surface area contributed by atoms with Crippen LogP contribution in [0.2, 0.25) is 9.36 Å². The van der Waals surface area contributed by atoms with Crippen molar-refractivity contribution in [2.24, 2.45) is 11.8 Å². The van der Waals surface area contributed by atoms with Crippen molar-refractivity contribution in [1.82, 2.24) is 5.32 Å². The fraction of sp³-hybridized carbons (Fsp3) is 0.435. The standard InChI is InChI=1S/C23H27Cl2N3O4S/c1-14(11-26-22(31)20-7-8-21(25)33-20)12-28(15(2)30)17-5-6-19(18(24)10-17)27-9-3-4-16(13-29)23(27)32/h5-8,10,14,16,29H,3-4,9,11-13H2,1-2H3,(H,26,31)/t14-,16?/m0/s1. The molecule has 0 spiro atoms. The van der Waals surface area contributed by atoms with Crippen LogP contribution < -0.4 is 15.1 Å². The number of aliphatic hydroxyl groups excluding tert-OH is 1. The minimum atomic E-state index is -0.413. The first-order valence-electron chi connectivity index (χ1n) is 10.7. The normalized spacial score (nSPS) is 17.1. The summed E-state index contributed by atoms with van der Waals surface area (Å²) in [5.41, 5.74) is 1.18. The molecule has 1 fully saturated rings.